The van der Waals surface area contributed by atoms with Crippen molar-refractivity contribution in [3.8, 4) is 5.69 Å². The molecule has 2 aromatic carbocycles. The summed E-state index contributed by atoms with van der Waals surface area (Å²) in [4.78, 5) is 23.8. The number of hydrogen-bond acceptors (Lipinski definition) is 6. The highest BCUT2D eigenvalue weighted by Gasteiger charge is 2.29. The molecule has 0 radical (unpaired) electrons. The summed E-state index contributed by atoms with van der Waals surface area (Å²) >= 11 is 6.46. The fourth-order valence-electron chi connectivity index (χ4n) is 4.92. The van der Waals surface area contributed by atoms with Crippen LogP contribution in [0.2, 0.25) is 5.02 Å². The molecule has 34 heavy (non-hydrogen) atoms. The Morgan fingerprint density at radius 3 is 2.74 bits per heavy atom. The number of anilines is 1. The molecular weight excluding hydrogens is 456 g/mol. The fraction of sp³-hybridized carbons (Fsp3) is 0.320. The van der Waals surface area contributed by atoms with Crippen LogP contribution in [0.25, 0.3) is 27.6 Å². The molecule has 174 valence electrons. The van der Waals surface area contributed by atoms with Crippen LogP contribution in [0.4, 0.5) is 5.69 Å². The number of morpholine rings is 1. The Morgan fingerprint density at radius 2 is 1.97 bits per heavy atom. The van der Waals surface area contributed by atoms with Crippen molar-refractivity contribution < 1.29 is 19.4 Å². The van der Waals surface area contributed by atoms with E-state index >= 15 is 0 Å². The predicted molar refractivity (Wildman–Crippen MR) is 129 cm³/mol. The van der Waals surface area contributed by atoms with Gasteiger partial charge in [0.25, 0.3) is 0 Å². The summed E-state index contributed by atoms with van der Waals surface area (Å²) in [6.45, 7) is 3.26. The normalized spacial score (nSPS) is 18.7. The smallest absolute Gasteiger partial charge is 0.338 e. The molecule has 8 nitrogen and oxygen atoms in total. The zero-order chi connectivity index (χ0) is 23.2. The Bertz CT molecular complexity index is 1410. The van der Waals surface area contributed by atoms with Gasteiger partial charge in [-0.25, -0.2) is 9.78 Å². The van der Waals surface area contributed by atoms with Crippen molar-refractivity contribution in [3.63, 3.8) is 0 Å². The minimum Gasteiger partial charge on any atom is -0.478 e. The number of ether oxygens (including phenoxy) is 2. The van der Waals surface area contributed by atoms with Crippen molar-refractivity contribution in [1.82, 2.24) is 14.5 Å². The average molecular weight is 479 g/mol. The van der Waals surface area contributed by atoms with E-state index in [1.54, 1.807) is 12.3 Å². The number of carboxylic acids is 1. The van der Waals surface area contributed by atoms with Gasteiger partial charge in [-0.05, 0) is 37.1 Å². The molecule has 0 amide bonds. The largest absolute Gasteiger partial charge is 0.478 e. The molecule has 6 rings (SSSR count). The summed E-state index contributed by atoms with van der Waals surface area (Å²) in [7, 11) is 0. The number of hydrogen-bond donors (Lipinski definition) is 1. The van der Waals surface area contributed by atoms with Crippen LogP contribution in [0.3, 0.4) is 0 Å². The number of imidazole rings is 1. The van der Waals surface area contributed by atoms with Crippen LogP contribution in [-0.2, 0) is 9.47 Å². The van der Waals surface area contributed by atoms with E-state index < -0.39 is 5.97 Å². The number of aromatic carboxylic acids is 1. The molecule has 2 aliphatic rings. The maximum atomic E-state index is 12.3. The summed E-state index contributed by atoms with van der Waals surface area (Å²) in [5, 5.41) is 11.5. The predicted octanol–water partition coefficient (Wildman–Crippen LogP) is 4.61. The lowest BCUT2D eigenvalue weighted by molar-refractivity contribution is 0.0698. The zero-order valence-electron chi connectivity index (χ0n) is 18.4. The third-order valence-electron chi connectivity index (χ3n) is 6.53. The van der Waals surface area contributed by atoms with Crippen molar-refractivity contribution in [2.45, 2.75) is 18.9 Å². The van der Waals surface area contributed by atoms with Crippen LogP contribution in [0.5, 0.6) is 0 Å². The maximum Gasteiger partial charge on any atom is 0.338 e. The van der Waals surface area contributed by atoms with Crippen molar-refractivity contribution in [2.24, 2.45) is 0 Å². The van der Waals surface area contributed by atoms with Gasteiger partial charge in [0.2, 0.25) is 0 Å². The highest BCUT2D eigenvalue weighted by molar-refractivity contribution is 6.35. The van der Waals surface area contributed by atoms with Gasteiger partial charge in [-0.15, -0.1) is 0 Å². The minimum absolute atomic E-state index is 0.174. The van der Waals surface area contributed by atoms with E-state index in [2.05, 4.69) is 9.88 Å². The maximum absolute atomic E-state index is 12.3. The Balaban J connectivity index is 1.68. The van der Waals surface area contributed by atoms with E-state index in [1.807, 2.05) is 34.9 Å². The monoisotopic (exact) mass is 478 g/mol. The number of aromatic nitrogens is 3. The minimum atomic E-state index is -1.01. The van der Waals surface area contributed by atoms with Crippen molar-refractivity contribution in [1.29, 1.82) is 0 Å². The summed E-state index contributed by atoms with van der Waals surface area (Å²) in [6, 6.07) is 11.3. The number of pyridine rings is 1. The molecule has 0 bridgehead atoms. The molecule has 0 spiro atoms. The summed E-state index contributed by atoms with van der Waals surface area (Å²) < 4.78 is 13.5. The number of carbonyl (C=O) groups is 1. The first kappa shape index (κ1) is 21.3. The van der Waals surface area contributed by atoms with Crippen LogP contribution in [-0.4, -0.2) is 58.5 Å². The zero-order valence-corrected chi connectivity index (χ0v) is 19.2. The molecular formula is C25H23ClN4O4. The Hall–Kier alpha value is -3.20. The number of halogens is 1. The van der Waals surface area contributed by atoms with Gasteiger partial charge in [0, 0.05) is 37.0 Å². The summed E-state index contributed by atoms with van der Waals surface area (Å²) in [5.41, 5.74) is 3.71. The van der Waals surface area contributed by atoms with Crippen LogP contribution >= 0.6 is 11.6 Å². The van der Waals surface area contributed by atoms with Crippen LogP contribution in [0.1, 0.15) is 35.1 Å². The molecule has 4 aromatic rings. The number of benzene rings is 2. The second-order valence-electron chi connectivity index (χ2n) is 8.54. The first-order valence-electron chi connectivity index (χ1n) is 11.4. The van der Waals surface area contributed by atoms with Gasteiger partial charge in [0.15, 0.2) is 0 Å². The second-order valence-corrected chi connectivity index (χ2v) is 8.95. The number of rotatable bonds is 4. The van der Waals surface area contributed by atoms with E-state index in [0.717, 1.165) is 35.1 Å². The fourth-order valence-corrected chi connectivity index (χ4v) is 5.14. The van der Waals surface area contributed by atoms with E-state index in [9.17, 15) is 9.90 Å². The molecule has 2 aromatic heterocycles. The molecule has 2 aliphatic heterocycles. The number of nitrogens with zero attached hydrogens (tertiary/aromatic N) is 4. The SMILES string of the molecule is O=C(O)c1cc(N2CCOCC2)cc2c1nc(C1CCCO1)n2-c1ccnc2c(Cl)cccc12. The molecule has 0 aliphatic carbocycles. The molecule has 9 heteroatoms. The number of carboxylic acid groups (broad SMARTS) is 1. The molecule has 0 saturated carbocycles. The van der Waals surface area contributed by atoms with Gasteiger partial charge >= 0.3 is 5.97 Å². The number of para-hydroxylation sites is 1. The first-order chi connectivity index (χ1) is 16.6. The second kappa shape index (κ2) is 8.54. The third-order valence-corrected chi connectivity index (χ3v) is 6.84. The molecule has 2 saturated heterocycles. The van der Waals surface area contributed by atoms with Crippen LogP contribution in [0.15, 0.2) is 42.6 Å². The van der Waals surface area contributed by atoms with Crippen LogP contribution < -0.4 is 4.90 Å². The van der Waals surface area contributed by atoms with Gasteiger partial charge in [-0.1, -0.05) is 23.7 Å². The van der Waals surface area contributed by atoms with Gasteiger partial charge in [0.1, 0.15) is 17.4 Å². The Labute approximate surface area is 200 Å². The Morgan fingerprint density at radius 1 is 1.12 bits per heavy atom. The lowest BCUT2D eigenvalue weighted by atomic mass is 10.1. The van der Waals surface area contributed by atoms with E-state index in [1.165, 1.54) is 0 Å². The number of fused-ring (bicyclic) bond motifs is 2. The lowest BCUT2D eigenvalue weighted by Crippen LogP contribution is -2.36. The van der Waals surface area contributed by atoms with Crippen molar-refractivity contribution in [2.75, 3.05) is 37.8 Å². The highest BCUT2D eigenvalue weighted by Crippen LogP contribution is 2.38. The van der Waals surface area contributed by atoms with Gasteiger partial charge in [-0.2, -0.15) is 0 Å². The van der Waals surface area contributed by atoms with Crippen molar-refractivity contribution >= 4 is 45.2 Å². The van der Waals surface area contributed by atoms with E-state index in [4.69, 9.17) is 26.1 Å². The molecule has 4 heterocycles. The molecule has 1 N–H and O–H groups in total. The van der Waals surface area contributed by atoms with Gasteiger partial charge < -0.3 is 19.5 Å². The average Bonchev–Trinajstić information content (AvgIpc) is 3.52. The first-order valence-corrected chi connectivity index (χ1v) is 11.8. The van der Waals surface area contributed by atoms with Crippen LogP contribution in [0, 0.1) is 0 Å². The third kappa shape index (κ3) is 3.50. The van der Waals surface area contributed by atoms with E-state index in [0.29, 0.717) is 54.8 Å². The standard InChI is InChI=1S/C25H23ClN4O4/c26-18-4-1-3-16-19(6-7-27-22(16)18)30-20-14-15(29-8-11-33-12-9-29)13-17(25(31)32)23(20)28-24(30)21-5-2-10-34-21/h1,3-4,6-7,13-14,21H,2,5,8-12H2,(H,31,32). The molecule has 1 atom stereocenters. The summed E-state index contributed by atoms with van der Waals surface area (Å²) in [6.07, 6.45) is 3.26. The topological polar surface area (TPSA) is 89.7 Å². The van der Waals surface area contributed by atoms with Gasteiger partial charge in [0.05, 0.1) is 40.5 Å². The lowest BCUT2D eigenvalue weighted by Gasteiger charge is -2.29. The summed E-state index contributed by atoms with van der Waals surface area (Å²) in [5.74, 6) is -0.312. The Kier molecular flexibility index (Phi) is 5.36. The van der Waals surface area contributed by atoms with Gasteiger partial charge in [-0.3, -0.25) is 9.55 Å². The van der Waals surface area contributed by atoms with E-state index in [-0.39, 0.29) is 11.7 Å². The van der Waals surface area contributed by atoms with Crippen molar-refractivity contribution in [3.05, 3.63) is 59.0 Å². The molecule has 2 fully saturated rings. The quantitative estimate of drug-likeness (QED) is 0.458. The highest BCUT2D eigenvalue weighted by atomic mass is 35.5. The molecule has 1 unspecified atom stereocenters.